The minimum absolute atomic E-state index is 0.0381. The number of aliphatic imine (C=N–C) groups is 1. The summed E-state index contributed by atoms with van der Waals surface area (Å²) in [7, 11) is 1.47. The Kier molecular flexibility index (Phi) is 4.77. The molecule has 0 bridgehead atoms. The molecular weight excluding hydrogens is 370 g/mol. The SMILES string of the molecule is C=CC=NC(=N)C1=CC=C(NC(=O)CN2CCCC3=C2C(=O)N(C)C3=O)C2CC12. The normalized spacial score (nSPS) is 25.6. The molecule has 1 fully saturated rings. The summed E-state index contributed by atoms with van der Waals surface area (Å²) in [5.41, 5.74) is 2.59. The number of amidine groups is 1. The minimum atomic E-state index is -0.331. The average Bonchev–Trinajstić information content (AvgIpc) is 3.48. The second-order valence-electron chi connectivity index (χ2n) is 7.62. The Morgan fingerprint density at radius 2 is 2.14 bits per heavy atom. The maximum absolute atomic E-state index is 12.6. The fraction of sp³-hybridized carbons (Fsp3) is 0.381. The molecule has 0 aromatic carbocycles. The van der Waals surface area contributed by atoms with Gasteiger partial charge in [-0.2, -0.15) is 0 Å². The van der Waals surface area contributed by atoms with Crippen LogP contribution >= 0.6 is 0 Å². The van der Waals surface area contributed by atoms with E-state index in [-0.39, 0.29) is 41.9 Å². The van der Waals surface area contributed by atoms with Crippen LogP contribution in [0.5, 0.6) is 0 Å². The lowest BCUT2D eigenvalue weighted by Crippen LogP contribution is -2.41. The fourth-order valence-electron chi connectivity index (χ4n) is 4.23. The van der Waals surface area contributed by atoms with Gasteiger partial charge in [0, 0.05) is 37.0 Å². The number of rotatable bonds is 5. The summed E-state index contributed by atoms with van der Waals surface area (Å²) < 4.78 is 0. The van der Waals surface area contributed by atoms with Gasteiger partial charge < -0.3 is 10.2 Å². The molecule has 0 aromatic heterocycles. The molecule has 0 spiro atoms. The van der Waals surface area contributed by atoms with Crippen molar-refractivity contribution in [2.45, 2.75) is 19.3 Å². The highest BCUT2D eigenvalue weighted by Gasteiger charge is 2.46. The van der Waals surface area contributed by atoms with E-state index < -0.39 is 0 Å². The standard InChI is InChI=1S/C21H23N5O3/c1-3-8-23-19(22)12-6-7-16(15-10-14(12)15)24-17(27)11-26-9-4-5-13-18(26)21(29)25(2)20(13)28/h3,6-8,14-15,22H,1,4-5,9-11H2,2H3,(H,24,27). The molecule has 2 N–H and O–H groups in total. The van der Waals surface area contributed by atoms with Crippen LogP contribution in [0.3, 0.4) is 0 Å². The zero-order chi connectivity index (χ0) is 20.7. The van der Waals surface area contributed by atoms with Crippen LogP contribution in [0.2, 0.25) is 0 Å². The Morgan fingerprint density at radius 1 is 1.34 bits per heavy atom. The second kappa shape index (κ2) is 7.27. The molecule has 2 atom stereocenters. The summed E-state index contributed by atoms with van der Waals surface area (Å²) in [5, 5.41) is 11.0. The molecule has 8 nitrogen and oxygen atoms in total. The van der Waals surface area contributed by atoms with Gasteiger partial charge in [-0.3, -0.25) is 24.7 Å². The van der Waals surface area contributed by atoms with Crippen molar-refractivity contribution < 1.29 is 14.4 Å². The van der Waals surface area contributed by atoms with Crippen molar-refractivity contribution in [3.05, 3.63) is 47.3 Å². The molecule has 150 valence electrons. The molecule has 2 aliphatic carbocycles. The van der Waals surface area contributed by atoms with Crippen LogP contribution < -0.4 is 5.32 Å². The minimum Gasteiger partial charge on any atom is -0.357 e. The topological polar surface area (TPSA) is 106 Å². The highest BCUT2D eigenvalue weighted by molar-refractivity contribution is 6.19. The first-order chi connectivity index (χ1) is 13.9. The number of nitrogens with zero attached hydrogens (tertiary/aromatic N) is 3. The number of hydrogen-bond donors (Lipinski definition) is 2. The highest BCUT2D eigenvalue weighted by atomic mass is 16.2. The van der Waals surface area contributed by atoms with E-state index in [2.05, 4.69) is 16.9 Å². The van der Waals surface area contributed by atoms with Crippen LogP contribution in [0.15, 0.2) is 52.3 Å². The number of imide groups is 1. The number of carbonyl (C=O) groups is 3. The zero-order valence-corrected chi connectivity index (χ0v) is 16.3. The van der Waals surface area contributed by atoms with Gasteiger partial charge in [-0.25, -0.2) is 4.99 Å². The summed E-state index contributed by atoms with van der Waals surface area (Å²) in [6.45, 7) is 4.17. The summed E-state index contributed by atoms with van der Waals surface area (Å²) in [4.78, 5) is 44.1. The van der Waals surface area contributed by atoms with E-state index in [4.69, 9.17) is 5.41 Å². The van der Waals surface area contributed by atoms with E-state index in [1.807, 2.05) is 12.2 Å². The third-order valence-electron chi connectivity index (χ3n) is 5.76. The first-order valence-corrected chi connectivity index (χ1v) is 9.68. The second-order valence-corrected chi connectivity index (χ2v) is 7.62. The number of likely N-dealkylation sites (N-methyl/N-ethyl adjacent to an activating group) is 1. The third kappa shape index (κ3) is 3.35. The van der Waals surface area contributed by atoms with Crippen molar-refractivity contribution in [2.75, 3.05) is 20.1 Å². The predicted molar refractivity (Wildman–Crippen MR) is 108 cm³/mol. The molecule has 0 aromatic rings. The van der Waals surface area contributed by atoms with Crippen LogP contribution in [-0.2, 0) is 14.4 Å². The fourth-order valence-corrected chi connectivity index (χ4v) is 4.23. The van der Waals surface area contributed by atoms with Crippen LogP contribution in [0.25, 0.3) is 0 Å². The molecule has 2 aliphatic heterocycles. The lowest BCUT2D eigenvalue weighted by atomic mass is 10.0. The van der Waals surface area contributed by atoms with Crippen molar-refractivity contribution in [2.24, 2.45) is 16.8 Å². The van der Waals surface area contributed by atoms with Gasteiger partial charge in [0.15, 0.2) is 0 Å². The molecule has 4 rings (SSSR count). The smallest absolute Gasteiger partial charge is 0.277 e. The number of carbonyl (C=O) groups excluding carboxylic acids is 3. The van der Waals surface area contributed by atoms with Crippen molar-refractivity contribution >= 4 is 29.8 Å². The molecule has 4 aliphatic rings. The molecule has 2 heterocycles. The first-order valence-electron chi connectivity index (χ1n) is 9.68. The van der Waals surface area contributed by atoms with Crippen LogP contribution in [0.4, 0.5) is 0 Å². The number of nitrogens with one attached hydrogen (secondary N) is 2. The summed E-state index contributed by atoms with van der Waals surface area (Å²) >= 11 is 0. The molecule has 29 heavy (non-hydrogen) atoms. The monoisotopic (exact) mass is 393 g/mol. The molecule has 0 saturated heterocycles. The van der Waals surface area contributed by atoms with E-state index in [0.717, 1.165) is 29.0 Å². The van der Waals surface area contributed by atoms with Crippen molar-refractivity contribution in [3.8, 4) is 0 Å². The summed E-state index contributed by atoms with van der Waals surface area (Å²) in [6, 6.07) is 0. The number of allylic oxidation sites excluding steroid dienone is 4. The Bertz CT molecular complexity index is 955. The first kappa shape index (κ1) is 19.0. The van der Waals surface area contributed by atoms with E-state index in [9.17, 15) is 14.4 Å². The number of hydrogen-bond acceptors (Lipinski definition) is 5. The van der Waals surface area contributed by atoms with Crippen molar-refractivity contribution in [3.63, 3.8) is 0 Å². The molecule has 1 saturated carbocycles. The van der Waals surface area contributed by atoms with Gasteiger partial charge in [-0.1, -0.05) is 18.7 Å². The number of amides is 3. The molecule has 2 unspecified atom stereocenters. The van der Waals surface area contributed by atoms with Gasteiger partial charge in [0.2, 0.25) is 5.91 Å². The van der Waals surface area contributed by atoms with Gasteiger partial charge in [0.05, 0.1) is 6.54 Å². The van der Waals surface area contributed by atoms with Gasteiger partial charge in [-0.05, 0) is 36.8 Å². The lowest BCUT2D eigenvalue weighted by Gasteiger charge is -2.28. The maximum Gasteiger partial charge on any atom is 0.277 e. The largest absolute Gasteiger partial charge is 0.357 e. The van der Waals surface area contributed by atoms with E-state index in [1.54, 1.807) is 4.90 Å². The summed E-state index contributed by atoms with van der Waals surface area (Å²) in [6.07, 6.45) is 8.89. The average molecular weight is 393 g/mol. The predicted octanol–water partition coefficient (Wildman–Crippen LogP) is 1.15. The van der Waals surface area contributed by atoms with Gasteiger partial charge in [0.25, 0.3) is 11.8 Å². The Balaban J connectivity index is 1.43. The quantitative estimate of drug-likeness (QED) is 0.415. The van der Waals surface area contributed by atoms with E-state index in [1.165, 1.54) is 19.3 Å². The van der Waals surface area contributed by atoms with Gasteiger partial charge in [0.1, 0.15) is 11.5 Å². The van der Waals surface area contributed by atoms with Gasteiger partial charge >= 0.3 is 0 Å². The molecule has 0 radical (unpaired) electrons. The van der Waals surface area contributed by atoms with E-state index in [0.29, 0.717) is 24.2 Å². The van der Waals surface area contributed by atoms with Crippen LogP contribution in [0, 0.1) is 17.2 Å². The Hall–Kier alpha value is -3.29. The summed E-state index contributed by atoms with van der Waals surface area (Å²) in [5.74, 6) is -0.178. The maximum atomic E-state index is 12.6. The van der Waals surface area contributed by atoms with Crippen molar-refractivity contribution in [1.29, 1.82) is 5.41 Å². The molecular formula is C21H23N5O3. The molecule has 8 heteroatoms. The van der Waals surface area contributed by atoms with Gasteiger partial charge in [-0.15, -0.1) is 0 Å². The lowest BCUT2D eigenvalue weighted by molar-refractivity contribution is -0.136. The Labute approximate surface area is 168 Å². The van der Waals surface area contributed by atoms with Crippen molar-refractivity contribution in [1.82, 2.24) is 15.1 Å². The number of fused-ring (bicyclic) bond motifs is 1. The van der Waals surface area contributed by atoms with Crippen LogP contribution in [0.1, 0.15) is 19.3 Å². The molecule has 3 amide bonds. The highest BCUT2D eigenvalue weighted by Crippen LogP contribution is 2.50. The van der Waals surface area contributed by atoms with Crippen LogP contribution in [-0.4, -0.2) is 59.7 Å². The van der Waals surface area contributed by atoms with E-state index >= 15 is 0 Å². The Morgan fingerprint density at radius 3 is 2.90 bits per heavy atom. The zero-order valence-electron chi connectivity index (χ0n) is 16.3. The third-order valence-corrected chi connectivity index (χ3v) is 5.76.